The molecule has 0 aliphatic heterocycles. The summed E-state index contributed by atoms with van der Waals surface area (Å²) in [5, 5.41) is 0. The van der Waals surface area contributed by atoms with Gasteiger partial charge in [-0.15, -0.1) is 0 Å². The van der Waals surface area contributed by atoms with Gasteiger partial charge in [0.05, 0.1) is 15.7 Å². The van der Waals surface area contributed by atoms with Crippen molar-refractivity contribution >= 4 is 22.4 Å². The van der Waals surface area contributed by atoms with Gasteiger partial charge in [-0.25, -0.2) is 4.21 Å². The van der Waals surface area contributed by atoms with Crippen molar-refractivity contribution in [1.29, 1.82) is 0 Å². The minimum absolute atomic E-state index is 0.00408. The summed E-state index contributed by atoms with van der Waals surface area (Å²) < 4.78 is 13.1. The van der Waals surface area contributed by atoms with E-state index in [0.29, 0.717) is 10.5 Å². The van der Waals surface area contributed by atoms with E-state index in [9.17, 15) is 13.8 Å². The maximum absolute atomic E-state index is 13.3. The lowest BCUT2D eigenvalue weighted by Crippen LogP contribution is -2.48. The SMILES string of the molecule is CC1=C(S(=O)c2ccc(C)cc2)C(=O)[C@]2(C)[C@H](C1=O)[C@@H]1C=C[C@H]2C1. The molecule has 5 atom stereocenters. The second-order valence-electron chi connectivity index (χ2n) is 7.38. The van der Waals surface area contributed by atoms with Crippen LogP contribution in [0.15, 0.2) is 51.8 Å². The van der Waals surface area contributed by atoms with Crippen molar-refractivity contribution in [2.24, 2.45) is 23.2 Å². The Morgan fingerprint density at radius 2 is 1.75 bits per heavy atom. The molecule has 0 spiro atoms. The molecule has 0 heterocycles. The number of Topliss-reactive ketones (excluding diaryl/α,β-unsaturated/α-hetero) is 2. The number of hydrogen-bond donors (Lipinski definition) is 0. The third-order valence-electron chi connectivity index (χ3n) is 6.07. The summed E-state index contributed by atoms with van der Waals surface area (Å²) in [6.07, 6.45) is 5.01. The second kappa shape index (κ2) is 5.09. The molecule has 124 valence electrons. The summed E-state index contributed by atoms with van der Waals surface area (Å²) in [4.78, 5) is 27.1. The van der Waals surface area contributed by atoms with E-state index in [1.54, 1.807) is 19.1 Å². The standard InChI is InChI=1S/C20H20O3S/c1-11-4-8-15(9-5-11)24(23)18-12(2)17(21)16-13-6-7-14(10-13)20(16,3)19(18)22/h4-9,13-14,16H,10H2,1-3H3/t13-,14+,16+,20+,24?/m1/s1. The third-order valence-corrected chi connectivity index (χ3v) is 7.63. The van der Waals surface area contributed by atoms with Crippen molar-refractivity contribution in [3.8, 4) is 0 Å². The van der Waals surface area contributed by atoms with Gasteiger partial charge >= 0.3 is 0 Å². The zero-order valence-corrected chi connectivity index (χ0v) is 14.9. The minimum atomic E-state index is -1.61. The van der Waals surface area contributed by atoms with Crippen LogP contribution in [0.1, 0.15) is 25.8 Å². The van der Waals surface area contributed by atoms with Crippen molar-refractivity contribution in [3.05, 3.63) is 52.5 Å². The van der Waals surface area contributed by atoms with Crippen molar-refractivity contribution in [1.82, 2.24) is 0 Å². The summed E-state index contributed by atoms with van der Waals surface area (Å²) in [7, 11) is -1.61. The summed E-state index contributed by atoms with van der Waals surface area (Å²) >= 11 is 0. The molecule has 4 rings (SSSR count). The number of ketones is 2. The van der Waals surface area contributed by atoms with E-state index in [1.165, 1.54) is 0 Å². The summed E-state index contributed by atoms with van der Waals surface area (Å²) in [5.41, 5.74) is 0.728. The van der Waals surface area contributed by atoms with E-state index in [-0.39, 0.29) is 34.2 Å². The second-order valence-corrected chi connectivity index (χ2v) is 8.80. The maximum atomic E-state index is 13.3. The fourth-order valence-electron chi connectivity index (χ4n) is 4.63. The van der Waals surface area contributed by atoms with E-state index in [0.717, 1.165) is 12.0 Å². The largest absolute Gasteiger partial charge is 0.294 e. The van der Waals surface area contributed by atoms with Gasteiger partial charge in [0, 0.05) is 21.8 Å². The van der Waals surface area contributed by atoms with E-state index in [2.05, 4.69) is 12.2 Å². The molecule has 0 radical (unpaired) electrons. The van der Waals surface area contributed by atoms with Crippen LogP contribution < -0.4 is 0 Å². The molecule has 1 aromatic carbocycles. The summed E-state index contributed by atoms with van der Waals surface area (Å²) in [6.45, 7) is 5.52. The normalized spacial score (nSPS) is 35.5. The first kappa shape index (κ1) is 15.7. The van der Waals surface area contributed by atoms with Crippen LogP contribution in [0.2, 0.25) is 0 Å². The van der Waals surface area contributed by atoms with Crippen LogP contribution in [0.25, 0.3) is 0 Å². The van der Waals surface area contributed by atoms with E-state index < -0.39 is 16.2 Å². The zero-order valence-electron chi connectivity index (χ0n) is 14.0. The van der Waals surface area contributed by atoms with Crippen molar-refractivity contribution < 1.29 is 13.8 Å². The molecule has 1 aromatic rings. The van der Waals surface area contributed by atoms with Crippen LogP contribution in [-0.4, -0.2) is 15.8 Å². The highest BCUT2D eigenvalue weighted by Crippen LogP contribution is 2.60. The molecule has 2 bridgehead atoms. The van der Waals surface area contributed by atoms with Gasteiger partial charge in [0.2, 0.25) is 0 Å². The van der Waals surface area contributed by atoms with Crippen LogP contribution >= 0.6 is 0 Å². The maximum Gasteiger partial charge on any atom is 0.179 e. The van der Waals surface area contributed by atoms with Gasteiger partial charge in [-0.3, -0.25) is 9.59 Å². The number of rotatable bonds is 2. The Bertz CT molecular complexity index is 846. The highest BCUT2D eigenvalue weighted by molar-refractivity contribution is 7.90. The average molecular weight is 340 g/mol. The molecule has 0 amide bonds. The van der Waals surface area contributed by atoms with E-state index >= 15 is 0 Å². The van der Waals surface area contributed by atoms with Crippen molar-refractivity contribution in [2.75, 3.05) is 0 Å². The molecule has 0 saturated heterocycles. The lowest BCUT2D eigenvalue weighted by molar-refractivity contribution is -0.137. The average Bonchev–Trinajstić information content (AvgIpc) is 3.14. The van der Waals surface area contributed by atoms with Gasteiger partial charge in [-0.05, 0) is 44.2 Å². The van der Waals surface area contributed by atoms with Gasteiger partial charge in [0.1, 0.15) is 0 Å². The molecule has 24 heavy (non-hydrogen) atoms. The molecular formula is C20H20O3S. The Morgan fingerprint density at radius 3 is 2.42 bits per heavy atom. The summed E-state index contributed by atoms with van der Waals surface area (Å²) in [6, 6.07) is 7.31. The van der Waals surface area contributed by atoms with Gasteiger partial charge in [0.15, 0.2) is 11.6 Å². The Kier molecular flexibility index (Phi) is 3.33. The Balaban J connectivity index is 1.83. The summed E-state index contributed by atoms with van der Waals surface area (Å²) in [5.74, 6) is -0.133. The topological polar surface area (TPSA) is 51.2 Å². The Labute approximate surface area is 144 Å². The monoisotopic (exact) mass is 340 g/mol. The molecule has 3 aliphatic rings. The molecule has 0 N–H and O–H groups in total. The van der Waals surface area contributed by atoms with Crippen LogP contribution in [-0.2, 0) is 20.4 Å². The molecule has 3 nitrogen and oxygen atoms in total. The molecule has 1 unspecified atom stereocenters. The number of carbonyl (C=O) groups is 2. The number of fused-ring (bicyclic) bond motifs is 5. The third kappa shape index (κ3) is 1.86. The lowest BCUT2D eigenvalue weighted by Gasteiger charge is -2.40. The quantitative estimate of drug-likeness (QED) is 0.776. The number of benzene rings is 1. The number of hydrogen-bond acceptors (Lipinski definition) is 3. The van der Waals surface area contributed by atoms with Crippen molar-refractivity contribution in [2.45, 2.75) is 32.1 Å². The Hall–Kier alpha value is -1.81. The zero-order chi connectivity index (χ0) is 17.2. The molecular weight excluding hydrogens is 320 g/mol. The molecule has 1 fully saturated rings. The van der Waals surface area contributed by atoms with Gasteiger partial charge in [-0.2, -0.15) is 0 Å². The van der Waals surface area contributed by atoms with Gasteiger partial charge in [-0.1, -0.05) is 36.8 Å². The van der Waals surface area contributed by atoms with Crippen LogP contribution in [0.4, 0.5) is 0 Å². The predicted octanol–water partition coefficient (Wildman–Crippen LogP) is 3.36. The van der Waals surface area contributed by atoms with Crippen LogP contribution in [0.5, 0.6) is 0 Å². The van der Waals surface area contributed by atoms with Crippen molar-refractivity contribution in [3.63, 3.8) is 0 Å². The first-order valence-corrected chi connectivity index (χ1v) is 9.47. The fourth-order valence-corrected chi connectivity index (χ4v) is 6.02. The minimum Gasteiger partial charge on any atom is -0.294 e. The highest BCUT2D eigenvalue weighted by atomic mass is 32.2. The molecule has 1 saturated carbocycles. The first-order valence-electron chi connectivity index (χ1n) is 8.32. The number of aryl methyl sites for hydroxylation is 1. The first-order chi connectivity index (χ1) is 11.4. The number of allylic oxidation sites excluding steroid dienone is 4. The number of carbonyl (C=O) groups excluding carboxylic acids is 2. The van der Waals surface area contributed by atoms with Crippen LogP contribution in [0.3, 0.4) is 0 Å². The molecule has 3 aliphatic carbocycles. The van der Waals surface area contributed by atoms with E-state index in [4.69, 9.17) is 0 Å². The van der Waals surface area contributed by atoms with Gasteiger partial charge in [0.25, 0.3) is 0 Å². The Morgan fingerprint density at radius 1 is 1.08 bits per heavy atom. The predicted molar refractivity (Wildman–Crippen MR) is 92.6 cm³/mol. The van der Waals surface area contributed by atoms with Crippen LogP contribution in [0, 0.1) is 30.1 Å². The highest BCUT2D eigenvalue weighted by Gasteiger charge is 2.63. The lowest BCUT2D eigenvalue weighted by atomic mass is 9.62. The fraction of sp³-hybridized carbons (Fsp3) is 0.400. The smallest absolute Gasteiger partial charge is 0.179 e. The molecule has 4 heteroatoms. The van der Waals surface area contributed by atoms with Gasteiger partial charge < -0.3 is 0 Å². The molecule has 0 aromatic heterocycles. The van der Waals surface area contributed by atoms with E-state index in [1.807, 2.05) is 26.0 Å².